The van der Waals surface area contributed by atoms with Crippen molar-refractivity contribution in [3.8, 4) is 0 Å². The van der Waals surface area contributed by atoms with Crippen LogP contribution in [-0.4, -0.2) is 10.1 Å². The molecule has 84 valence electrons. The van der Waals surface area contributed by atoms with E-state index in [2.05, 4.69) is 26.8 Å². The van der Waals surface area contributed by atoms with E-state index in [1.54, 1.807) is 11.8 Å². The normalized spacial score (nSPS) is 12.6. The molecule has 0 amide bonds. The molecule has 0 aliphatic carbocycles. The molecule has 0 saturated heterocycles. The number of hydrogen-bond acceptors (Lipinski definition) is 5. The maximum Gasteiger partial charge on any atom is 0.213 e. The summed E-state index contributed by atoms with van der Waals surface area (Å²) in [6.07, 6.45) is 1.34. The van der Waals surface area contributed by atoms with Crippen LogP contribution in [-0.2, 0) is 5.75 Å². The molecule has 1 unspecified atom stereocenters. The van der Waals surface area contributed by atoms with E-state index in [0.29, 0.717) is 11.6 Å². The van der Waals surface area contributed by atoms with Gasteiger partial charge in [-0.25, -0.2) is 0 Å². The van der Waals surface area contributed by atoms with Gasteiger partial charge in [-0.2, -0.15) is 4.98 Å². The minimum absolute atomic E-state index is 0.0799. The van der Waals surface area contributed by atoms with Gasteiger partial charge in [-0.3, -0.25) is 0 Å². The summed E-state index contributed by atoms with van der Waals surface area (Å²) < 4.78 is 4.66. The number of aromatic nitrogens is 2. The first kappa shape index (κ1) is 11.2. The van der Waals surface area contributed by atoms with Crippen LogP contribution in [0.15, 0.2) is 40.1 Å². The van der Waals surface area contributed by atoms with Crippen LogP contribution in [0.5, 0.6) is 0 Å². The van der Waals surface area contributed by atoms with Gasteiger partial charge < -0.3 is 10.3 Å². The Morgan fingerprint density at radius 3 is 2.69 bits per heavy atom. The third-order valence-corrected chi connectivity index (χ3v) is 3.19. The van der Waals surface area contributed by atoms with Gasteiger partial charge in [0.15, 0.2) is 5.82 Å². The molecule has 1 aromatic heterocycles. The minimum Gasteiger partial charge on any atom is -0.343 e. The SMILES string of the molecule is CC(N)c1ccc(SCc2ncon2)cc1. The predicted molar refractivity (Wildman–Crippen MR) is 62.9 cm³/mol. The van der Waals surface area contributed by atoms with Crippen LogP contribution in [0.1, 0.15) is 24.4 Å². The molecule has 2 aromatic rings. The van der Waals surface area contributed by atoms with Crippen molar-refractivity contribution >= 4 is 11.8 Å². The molecule has 1 heterocycles. The van der Waals surface area contributed by atoms with Crippen molar-refractivity contribution in [2.45, 2.75) is 23.6 Å². The smallest absolute Gasteiger partial charge is 0.213 e. The Morgan fingerprint density at radius 2 is 2.12 bits per heavy atom. The summed E-state index contributed by atoms with van der Waals surface area (Å²) in [6.45, 7) is 1.97. The molecule has 0 spiro atoms. The van der Waals surface area contributed by atoms with Crippen LogP contribution in [0.2, 0.25) is 0 Å². The Morgan fingerprint density at radius 1 is 1.38 bits per heavy atom. The molecule has 0 bridgehead atoms. The second-order valence-electron chi connectivity index (χ2n) is 3.49. The third kappa shape index (κ3) is 2.84. The molecule has 1 atom stereocenters. The van der Waals surface area contributed by atoms with Crippen molar-refractivity contribution in [2.75, 3.05) is 0 Å². The van der Waals surface area contributed by atoms with E-state index in [9.17, 15) is 0 Å². The molecule has 2 rings (SSSR count). The highest BCUT2D eigenvalue weighted by Crippen LogP contribution is 2.22. The van der Waals surface area contributed by atoms with Gasteiger partial charge in [0.25, 0.3) is 0 Å². The number of nitrogens with zero attached hydrogens (tertiary/aromatic N) is 2. The minimum atomic E-state index is 0.0799. The van der Waals surface area contributed by atoms with Gasteiger partial charge in [0, 0.05) is 10.9 Å². The van der Waals surface area contributed by atoms with Gasteiger partial charge in [-0.15, -0.1) is 11.8 Å². The Labute approximate surface area is 98.2 Å². The van der Waals surface area contributed by atoms with E-state index in [1.807, 2.05) is 19.1 Å². The summed E-state index contributed by atoms with van der Waals surface area (Å²) in [6, 6.07) is 8.29. The molecule has 2 N–H and O–H groups in total. The van der Waals surface area contributed by atoms with E-state index in [0.717, 1.165) is 5.56 Å². The number of nitrogens with two attached hydrogens (primary N) is 1. The monoisotopic (exact) mass is 235 g/mol. The van der Waals surface area contributed by atoms with Crippen molar-refractivity contribution in [1.29, 1.82) is 0 Å². The maximum atomic E-state index is 5.78. The lowest BCUT2D eigenvalue weighted by Gasteiger charge is -2.05. The zero-order valence-corrected chi connectivity index (χ0v) is 9.78. The predicted octanol–water partition coefficient (Wildman–Crippen LogP) is 2.38. The molecule has 0 radical (unpaired) electrons. The highest BCUT2D eigenvalue weighted by molar-refractivity contribution is 7.98. The summed E-state index contributed by atoms with van der Waals surface area (Å²) >= 11 is 1.67. The molecular weight excluding hydrogens is 222 g/mol. The van der Waals surface area contributed by atoms with Crippen LogP contribution in [0.4, 0.5) is 0 Å². The third-order valence-electron chi connectivity index (χ3n) is 2.18. The molecule has 16 heavy (non-hydrogen) atoms. The number of rotatable bonds is 4. The second-order valence-corrected chi connectivity index (χ2v) is 4.54. The average Bonchev–Trinajstić information content (AvgIpc) is 2.80. The van der Waals surface area contributed by atoms with E-state index in [4.69, 9.17) is 5.73 Å². The van der Waals surface area contributed by atoms with Crippen LogP contribution >= 0.6 is 11.8 Å². The Hall–Kier alpha value is -1.33. The van der Waals surface area contributed by atoms with E-state index in [-0.39, 0.29) is 6.04 Å². The van der Waals surface area contributed by atoms with E-state index < -0.39 is 0 Å². The maximum absolute atomic E-state index is 5.78. The molecule has 0 aliphatic rings. The highest BCUT2D eigenvalue weighted by atomic mass is 32.2. The molecular formula is C11H13N3OS. The molecule has 0 fully saturated rings. The molecule has 4 nitrogen and oxygen atoms in total. The fourth-order valence-electron chi connectivity index (χ4n) is 1.27. The van der Waals surface area contributed by atoms with Gasteiger partial charge in [0.05, 0.1) is 5.75 Å². The molecule has 0 saturated carbocycles. The fraction of sp³-hybridized carbons (Fsp3) is 0.273. The molecule has 5 heteroatoms. The molecule has 1 aromatic carbocycles. The van der Waals surface area contributed by atoms with Crippen LogP contribution < -0.4 is 5.73 Å². The summed E-state index contributed by atoms with van der Waals surface area (Å²) in [5.41, 5.74) is 6.92. The average molecular weight is 235 g/mol. The lowest BCUT2D eigenvalue weighted by atomic mass is 10.1. The zero-order chi connectivity index (χ0) is 11.4. The van der Waals surface area contributed by atoms with Gasteiger partial charge in [-0.1, -0.05) is 17.3 Å². The largest absolute Gasteiger partial charge is 0.343 e. The molecule has 0 aliphatic heterocycles. The van der Waals surface area contributed by atoms with Crippen molar-refractivity contribution in [3.05, 3.63) is 42.0 Å². The van der Waals surface area contributed by atoms with E-state index in [1.165, 1.54) is 11.3 Å². The first-order valence-corrected chi connectivity index (χ1v) is 5.98. The van der Waals surface area contributed by atoms with Crippen LogP contribution in [0, 0.1) is 0 Å². The van der Waals surface area contributed by atoms with Crippen LogP contribution in [0.25, 0.3) is 0 Å². The van der Waals surface area contributed by atoms with Gasteiger partial charge in [0.1, 0.15) is 0 Å². The fourth-order valence-corrected chi connectivity index (χ4v) is 2.02. The topological polar surface area (TPSA) is 64.9 Å². The van der Waals surface area contributed by atoms with Gasteiger partial charge in [0.2, 0.25) is 6.39 Å². The highest BCUT2D eigenvalue weighted by Gasteiger charge is 2.02. The number of hydrogen-bond donors (Lipinski definition) is 1. The first-order valence-electron chi connectivity index (χ1n) is 4.99. The quantitative estimate of drug-likeness (QED) is 0.824. The van der Waals surface area contributed by atoms with E-state index >= 15 is 0 Å². The first-order chi connectivity index (χ1) is 7.75. The summed E-state index contributed by atoms with van der Waals surface area (Å²) in [4.78, 5) is 5.13. The Balaban J connectivity index is 1.95. The standard InChI is InChI=1S/C11H13N3OS/c1-8(12)9-2-4-10(5-3-9)16-6-11-13-7-15-14-11/h2-5,7-8H,6,12H2,1H3. The van der Waals surface area contributed by atoms with Gasteiger partial charge in [-0.05, 0) is 24.6 Å². The zero-order valence-electron chi connectivity index (χ0n) is 8.96. The van der Waals surface area contributed by atoms with Gasteiger partial charge >= 0.3 is 0 Å². The van der Waals surface area contributed by atoms with Crippen LogP contribution in [0.3, 0.4) is 0 Å². The second kappa shape index (κ2) is 5.14. The van der Waals surface area contributed by atoms with Crippen molar-refractivity contribution in [1.82, 2.24) is 10.1 Å². The summed E-state index contributed by atoms with van der Waals surface area (Å²) in [5.74, 6) is 1.43. The summed E-state index contributed by atoms with van der Waals surface area (Å²) in [5, 5.41) is 3.75. The number of benzene rings is 1. The number of thioether (sulfide) groups is 1. The Bertz CT molecular complexity index is 425. The van der Waals surface area contributed by atoms with Crippen molar-refractivity contribution in [2.24, 2.45) is 5.73 Å². The summed E-state index contributed by atoms with van der Waals surface area (Å²) in [7, 11) is 0. The lowest BCUT2D eigenvalue weighted by Crippen LogP contribution is -2.04. The lowest BCUT2D eigenvalue weighted by molar-refractivity contribution is 0.412. The van der Waals surface area contributed by atoms with Crippen molar-refractivity contribution in [3.63, 3.8) is 0 Å². The van der Waals surface area contributed by atoms with Crippen molar-refractivity contribution < 1.29 is 4.52 Å². The Kier molecular flexibility index (Phi) is 3.58.